The Labute approximate surface area is 141 Å². The maximum absolute atomic E-state index is 5.92. The molecule has 2 N–H and O–H groups in total. The number of imidazole rings is 2. The summed E-state index contributed by atoms with van der Waals surface area (Å²) in [6, 6.07) is 12.6. The molecule has 24 heavy (non-hydrogen) atoms. The van der Waals surface area contributed by atoms with Crippen LogP contribution in [0.15, 0.2) is 65.9 Å². The minimum Gasteiger partial charge on any atom is -0.454 e. The van der Waals surface area contributed by atoms with Gasteiger partial charge in [-0.1, -0.05) is 24.3 Å². The summed E-state index contributed by atoms with van der Waals surface area (Å²) >= 11 is 1.72. The molecule has 0 atom stereocenters. The molecule has 0 aliphatic rings. The molecule has 0 saturated heterocycles. The Bertz CT molecular complexity index is 1050. The molecule has 0 radical (unpaired) electrons. The Hall–Kier alpha value is -3.12. The summed E-state index contributed by atoms with van der Waals surface area (Å²) in [5, 5.41) is 0. The second kappa shape index (κ2) is 5.21. The molecule has 0 aliphatic heterocycles. The number of fused-ring (bicyclic) bond motifs is 1. The lowest BCUT2D eigenvalue weighted by Gasteiger charge is -2.00. The molecule has 0 aliphatic carbocycles. The fraction of sp³-hybridized carbons (Fsp3) is 0. The number of hydrogen-bond donors (Lipinski definition) is 2. The fourth-order valence-electron chi connectivity index (χ4n) is 2.73. The number of furan rings is 1. The molecule has 0 spiro atoms. The average Bonchev–Trinajstić information content (AvgIpc) is 3.37. The van der Waals surface area contributed by atoms with Crippen LogP contribution in [0, 0.1) is 0 Å². The molecular weight excluding hydrogens is 320 g/mol. The summed E-state index contributed by atoms with van der Waals surface area (Å²) in [6.45, 7) is 0. The van der Waals surface area contributed by atoms with E-state index in [-0.39, 0.29) is 0 Å². The van der Waals surface area contributed by atoms with Gasteiger partial charge in [-0.15, -0.1) is 11.3 Å². The molecule has 0 unspecified atom stereocenters. The molecule has 4 aromatic heterocycles. The van der Waals surface area contributed by atoms with E-state index in [0.29, 0.717) is 0 Å². The predicted molar refractivity (Wildman–Crippen MR) is 94.7 cm³/mol. The number of aromatic nitrogens is 4. The van der Waals surface area contributed by atoms with Crippen molar-refractivity contribution in [3.8, 4) is 33.2 Å². The quantitative estimate of drug-likeness (QED) is 0.491. The molecule has 0 bridgehead atoms. The molecule has 6 heteroatoms. The maximum atomic E-state index is 5.92. The SMILES string of the molecule is c1ncc(-c2ccc(-c3cc4oc(-c5cnc[nH]5)cc4s3)cc2)[nH]1. The normalized spacial score (nSPS) is 11.3. The highest BCUT2D eigenvalue weighted by molar-refractivity contribution is 7.22. The van der Waals surface area contributed by atoms with Gasteiger partial charge in [0.1, 0.15) is 11.3 Å². The topological polar surface area (TPSA) is 70.5 Å². The minimum atomic E-state index is 0.815. The molecule has 1 aromatic carbocycles. The van der Waals surface area contributed by atoms with E-state index in [0.717, 1.165) is 33.0 Å². The second-order valence-corrected chi connectivity index (χ2v) is 6.54. The number of hydrogen-bond acceptors (Lipinski definition) is 4. The van der Waals surface area contributed by atoms with Crippen molar-refractivity contribution in [1.82, 2.24) is 19.9 Å². The fourth-order valence-corrected chi connectivity index (χ4v) is 3.75. The highest BCUT2D eigenvalue weighted by Crippen LogP contribution is 2.38. The first-order valence-electron chi connectivity index (χ1n) is 7.48. The number of nitrogens with zero attached hydrogens (tertiary/aromatic N) is 2. The first-order chi connectivity index (χ1) is 11.9. The Morgan fingerprint density at radius 3 is 2.21 bits per heavy atom. The third-order valence-corrected chi connectivity index (χ3v) is 5.06. The standard InChI is InChI=1S/C18H12N4OS/c1-3-12(4-2-11(1)13-7-19-9-21-13)17-6-16-18(24-17)5-15(23-16)14-8-20-10-22-14/h1-10H,(H,19,21)(H,20,22). The van der Waals surface area contributed by atoms with Crippen LogP contribution in [0.1, 0.15) is 0 Å². The summed E-state index contributed by atoms with van der Waals surface area (Å²) in [6.07, 6.45) is 6.93. The number of thiophene rings is 1. The Morgan fingerprint density at radius 2 is 1.54 bits per heavy atom. The van der Waals surface area contributed by atoms with Crippen LogP contribution in [0.2, 0.25) is 0 Å². The van der Waals surface area contributed by atoms with Crippen LogP contribution in [0.25, 0.3) is 43.4 Å². The first-order valence-corrected chi connectivity index (χ1v) is 8.30. The number of aromatic amines is 2. The molecule has 5 rings (SSSR count). The van der Waals surface area contributed by atoms with Gasteiger partial charge in [0.25, 0.3) is 0 Å². The minimum absolute atomic E-state index is 0.815. The van der Waals surface area contributed by atoms with Crippen LogP contribution in [0.4, 0.5) is 0 Å². The molecule has 0 fully saturated rings. The van der Waals surface area contributed by atoms with Crippen LogP contribution in [0.3, 0.4) is 0 Å². The van der Waals surface area contributed by atoms with Crippen LogP contribution < -0.4 is 0 Å². The van der Waals surface area contributed by atoms with Crippen molar-refractivity contribution in [2.24, 2.45) is 0 Å². The molecule has 4 heterocycles. The van der Waals surface area contributed by atoms with E-state index in [9.17, 15) is 0 Å². The summed E-state index contributed by atoms with van der Waals surface area (Å²) in [5.74, 6) is 0.815. The van der Waals surface area contributed by atoms with E-state index < -0.39 is 0 Å². The predicted octanol–water partition coefficient (Wildman–Crippen LogP) is 4.94. The Kier molecular flexibility index (Phi) is 2.89. The van der Waals surface area contributed by atoms with Gasteiger partial charge in [-0.2, -0.15) is 0 Å². The number of rotatable bonds is 3. The zero-order valence-corrected chi connectivity index (χ0v) is 13.3. The van der Waals surface area contributed by atoms with Crippen molar-refractivity contribution >= 4 is 21.6 Å². The second-order valence-electron chi connectivity index (χ2n) is 5.46. The lowest BCUT2D eigenvalue weighted by Crippen LogP contribution is -1.77. The molecule has 5 aromatic rings. The number of benzene rings is 1. The van der Waals surface area contributed by atoms with Crippen LogP contribution >= 0.6 is 11.3 Å². The average molecular weight is 332 g/mol. The summed E-state index contributed by atoms with van der Waals surface area (Å²) < 4.78 is 7.05. The van der Waals surface area contributed by atoms with Crippen LogP contribution in [0.5, 0.6) is 0 Å². The summed E-state index contributed by atoms with van der Waals surface area (Å²) in [7, 11) is 0. The molecular formula is C18H12N4OS. The van der Waals surface area contributed by atoms with E-state index in [2.05, 4.69) is 56.3 Å². The zero-order chi connectivity index (χ0) is 15.9. The Morgan fingerprint density at radius 1 is 0.833 bits per heavy atom. The molecule has 116 valence electrons. The number of H-pyrrole nitrogens is 2. The van der Waals surface area contributed by atoms with Crippen LogP contribution in [-0.4, -0.2) is 19.9 Å². The monoisotopic (exact) mass is 332 g/mol. The zero-order valence-electron chi connectivity index (χ0n) is 12.5. The van der Waals surface area contributed by atoms with Gasteiger partial charge in [-0.25, -0.2) is 9.97 Å². The summed E-state index contributed by atoms with van der Waals surface area (Å²) in [4.78, 5) is 15.5. The van der Waals surface area contributed by atoms with Crippen molar-refractivity contribution in [1.29, 1.82) is 0 Å². The van der Waals surface area contributed by atoms with Crippen molar-refractivity contribution in [3.05, 3.63) is 61.4 Å². The van der Waals surface area contributed by atoms with Gasteiger partial charge in [0.2, 0.25) is 0 Å². The molecule has 0 saturated carbocycles. The summed E-state index contributed by atoms with van der Waals surface area (Å²) in [5.41, 5.74) is 5.11. The third-order valence-electron chi connectivity index (χ3n) is 3.95. The molecule has 5 nitrogen and oxygen atoms in total. The van der Waals surface area contributed by atoms with E-state index in [4.69, 9.17) is 4.42 Å². The van der Waals surface area contributed by atoms with Crippen molar-refractivity contribution in [3.63, 3.8) is 0 Å². The highest BCUT2D eigenvalue weighted by Gasteiger charge is 2.12. The Balaban J connectivity index is 1.49. The van der Waals surface area contributed by atoms with Crippen molar-refractivity contribution < 1.29 is 4.42 Å². The lowest BCUT2D eigenvalue weighted by molar-refractivity contribution is 0.630. The van der Waals surface area contributed by atoms with E-state index in [1.807, 2.05) is 6.20 Å². The first kappa shape index (κ1) is 13.3. The van der Waals surface area contributed by atoms with Gasteiger partial charge in [0.05, 0.1) is 35.4 Å². The van der Waals surface area contributed by atoms with Gasteiger partial charge >= 0.3 is 0 Å². The van der Waals surface area contributed by atoms with Gasteiger partial charge in [0, 0.05) is 17.0 Å². The van der Waals surface area contributed by atoms with E-state index in [1.165, 1.54) is 10.4 Å². The largest absolute Gasteiger partial charge is 0.454 e. The van der Waals surface area contributed by atoms with Gasteiger partial charge in [-0.3, -0.25) is 0 Å². The number of nitrogens with one attached hydrogen (secondary N) is 2. The van der Waals surface area contributed by atoms with Gasteiger partial charge in [0.15, 0.2) is 5.76 Å². The highest BCUT2D eigenvalue weighted by atomic mass is 32.1. The lowest BCUT2D eigenvalue weighted by atomic mass is 10.1. The smallest absolute Gasteiger partial charge is 0.154 e. The van der Waals surface area contributed by atoms with Gasteiger partial charge in [-0.05, 0) is 11.1 Å². The maximum Gasteiger partial charge on any atom is 0.154 e. The molecule has 0 amide bonds. The van der Waals surface area contributed by atoms with Crippen molar-refractivity contribution in [2.45, 2.75) is 0 Å². The van der Waals surface area contributed by atoms with E-state index in [1.54, 1.807) is 30.2 Å². The van der Waals surface area contributed by atoms with Gasteiger partial charge < -0.3 is 14.4 Å². The van der Waals surface area contributed by atoms with Crippen LogP contribution in [-0.2, 0) is 0 Å². The third kappa shape index (κ3) is 2.16. The van der Waals surface area contributed by atoms with Crippen molar-refractivity contribution in [2.75, 3.05) is 0 Å². The van der Waals surface area contributed by atoms with E-state index >= 15 is 0 Å².